The van der Waals surface area contributed by atoms with Crippen LogP contribution in [-0.2, 0) is 15.8 Å². The van der Waals surface area contributed by atoms with Crippen LogP contribution in [0.4, 0.5) is 18.9 Å². The normalized spacial score (nSPS) is 16.9. The van der Waals surface area contributed by atoms with Crippen LogP contribution in [0.25, 0.3) is 0 Å². The molecule has 2 amide bonds. The Morgan fingerprint density at radius 3 is 2.79 bits per heavy atom. The van der Waals surface area contributed by atoms with Gasteiger partial charge >= 0.3 is 6.18 Å². The van der Waals surface area contributed by atoms with Crippen molar-refractivity contribution in [2.75, 3.05) is 11.1 Å². The molecule has 0 saturated heterocycles. The van der Waals surface area contributed by atoms with Crippen molar-refractivity contribution >= 4 is 40.6 Å². The van der Waals surface area contributed by atoms with E-state index < -0.39 is 17.6 Å². The molecule has 1 aliphatic heterocycles. The maximum Gasteiger partial charge on any atom is 0.416 e. The lowest BCUT2D eigenvalue weighted by molar-refractivity contribution is -0.137. The lowest BCUT2D eigenvalue weighted by atomic mass is 9.93. The smallest absolute Gasteiger partial charge is 0.325 e. The number of halogens is 3. The average Bonchev–Trinajstić information content (AvgIpc) is 3.20. The fourth-order valence-corrected chi connectivity index (χ4v) is 4.49. The molecule has 1 atom stereocenters. The number of amides is 2. The van der Waals surface area contributed by atoms with E-state index in [2.05, 4.69) is 16.7 Å². The minimum absolute atomic E-state index is 0.0176. The van der Waals surface area contributed by atoms with Gasteiger partial charge in [0.1, 0.15) is 0 Å². The van der Waals surface area contributed by atoms with E-state index in [1.54, 1.807) is 0 Å². The molecule has 0 aliphatic carbocycles. The highest BCUT2D eigenvalue weighted by Crippen LogP contribution is 2.37. The number of carbonyl (C=O) groups is 2. The van der Waals surface area contributed by atoms with Gasteiger partial charge in [-0.3, -0.25) is 9.59 Å². The number of rotatable bonds is 5. The molecule has 0 spiro atoms. The summed E-state index contributed by atoms with van der Waals surface area (Å²) in [4.78, 5) is 25.1. The molecular weight excluding hydrogens is 423 g/mol. The Labute approximate surface area is 172 Å². The van der Waals surface area contributed by atoms with Crippen LogP contribution in [0.2, 0.25) is 0 Å². The minimum atomic E-state index is -4.51. The molecule has 2 heterocycles. The number of thioether (sulfide) groups is 1. The predicted molar refractivity (Wildman–Crippen MR) is 105 cm³/mol. The van der Waals surface area contributed by atoms with Crippen molar-refractivity contribution in [1.82, 2.24) is 5.32 Å². The van der Waals surface area contributed by atoms with E-state index in [0.717, 1.165) is 28.8 Å². The second kappa shape index (κ2) is 8.71. The number of allylic oxidation sites excluding steroid dienone is 1. The fraction of sp³-hybridized carbons (Fsp3) is 0.211. The summed E-state index contributed by atoms with van der Waals surface area (Å²) in [6.07, 6.45) is -4.37. The third-order valence-corrected chi connectivity index (χ3v) is 6.07. The number of carbonyl (C=O) groups excluding carboxylic acids is 2. The summed E-state index contributed by atoms with van der Waals surface area (Å²) in [6, 6.07) is 10.1. The van der Waals surface area contributed by atoms with Gasteiger partial charge in [-0.2, -0.15) is 18.4 Å². The van der Waals surface area contributed by atoms with Crippen LogP contribution in [-0.4, -0.2) is 17.6 Å². The number of anilines is 1. The monoisotopic (exact) mass is 437 g/mol. The largest absolute Gasteiger partial charge is 0.416 e. The number of nitrogens with one attached hydrogen (secondary N) is 2. The van der Waals surface area contributed by atoms with Crippen LogP contribution in [0.1, 0.15) is 22.8 Å². The molecule has 0 saturated carbocycles. The van der Waals surface area contributed by atoms with Gasteiger partial charge in [-0.25, -0.2) is 0 Å². The standard InChI is InChI=1S/C19H14F3N3O2S2/c20-19(21,22)11-3-1-4-12(7-11)24-17(27)10-29-18-14(9-23)13(8-16(26)25-18)15-5-2-6-28-15/h1-7,13H,8,10H2,(H,24,27)(H,25,26)/t13-/m0/s1. The summed E-state index contributed by atoms with van der Waals surface area (Å²) in [7, 11) is 0. The highest BCUT2D eigenvalue weighted by atomic mass is 32.2. The summed E-state index contributed by atoms with van der Waals surface area (Å²) in [5, 5.41) is 16.7. The van der Waals surface area contributed by atoms with E-state index in [4.69, 9.17) is 0 Å². The van der Waals surface area contributed by atoms with E-state index >= 15 is 0 Å². The third kappa shape index (κ3) is 5.19. The van der Waals surface area contributed by atoms with Crippen molar-refractivity contribution in [3.05, 3.63) is 62.8 Å². The number of alkyl halides is 3. The molecule has 3 rings (SSSR count). The summed E-state index contributed by atoms with van der Waals surface area (Å²) in [5.41, 5.74) is -0.483. The maximum absolute atomic E-state index is 12.8. The van der Waals surface area contributed by atoms with Crippen molar-refractivity contribution in [3.8, 4) is 6.07 Å². The zero-order valence-electron chi connectivity index (χ0n) is 14.7. The fourth-order valence-electron chi connectivity index (χ4n) is 2.77. The van der Waals surface area contributed by atoms with E-state index in [9.17, 15) is 28.0 Å². The Morgan fingerprint density at radius 1 is 1.34 bits per heavy atom. The first kappa shape index (κ1) is 21.0. The van der Waals surface area contributed by atoms with Gasteiger partial charge in [-0.1, -0.05) is 23.9 Å². The minimum Gasteiger partial charge on any atom is -0.325 e. The van der Waals surface area contributed by atoms with Crippen molar-refractivity contribution in [3.63, 3.8) is 0 Å². The molecule has 1 aromatic heterocycles. The summed E-state index contributed by atoms with van der Waals surface area (Å²) in [5.74, 6) is -1.36. The van der Waals surface area contributed by atoms with Gasteiger partial charge in [0.2, 0.25) is 11.8 Å². The van der Waals surface area contributed by atoms with Crippen molar-refractivity contribution in [2.45, 2.75) is 18.5 Å². The number of thiophene rings is 1. The molecule has 1 aliphatic rings. The van der Waals surface area contributed by atoms with Gasteiger partial charge in [-0.15, -0.1) is 11.3 Å². The Kier molecular flexibility index (Phi) is 6.30. The van der Waals surface area contributed by atoms with Gasteiger partial charge < -0.3 is 10.6 Å². The molecular formula is C19H14F3N3O2S2. The average molecular weight is 437 g/mol. The first-order chi connectivity index (χ1) is 13.8. The SMILES string of the molecule is N#CC1=C(SCC(=O)Nc2cccc(C(F)(F)F)c2)NC(=O)C[C@@H]1c1cccs1. The molecule has 0 fully saturated rings. The highest BCUT2D eigenvalue weighted by Gasteiger charge is 2.31. The van der Waals surface area contributed by atoms with Gasteiger partial charge in [0, 0.05) is 22.9 Å². The van der Waals surface area contributed by atoms with E-state index in [0.29, 0.717) is 10.6 Å². The quantitative estimate of drug-likeness (QED) is 0.723. The zero-order valence-corrected chi connectivity index (χ0v) is 16.4. The number of nitrogens with zero attached hydrogens (tertiary/aromatic N) is 1. The van der Waals surface area contributed by atoms with Gasteiger partial charge in [0.05, 0.1) is 28.0 Å². The van der Waals surface area contributed by atoms with Crippen LogP contribution >= 0.6 is 23.1 Å². The molecule has 0 radical (unpaired) electrons. The van der Waals surface area contributed by atoms with Crippen molar-refractivity contribution in [2.24, 2.45) is 0 Å². The first-order valence-electron chi connectivity index (χ1n) is 8.35. The maximum atomic E-state index is 12.8. The zero-order chi connectivity index (χ0) is 21.0. The van der Waals surface area contributed by atoms with Crippen molar-refractivity contribution < 1.29 is 22.8 Å². The molecule has 29 heavy (non-hydrogen) atoms. The molecule has 2 aromatic rings. The number of hydrogen-bond donors (Lipinski definition) is 2. The summed E-state index contributed by atoms with van der Waals surface area (Å²) >= 11 is 2.40. The van der Waals surface area contributed by atoms with Gasteiger partial charge in [0.25, 0.3) is 0 Å². The van der Waals surface area contributed by atoms with Gasteiger partial charge in [-0.05, 0) is 29.6 Å². The number of benzene rings is 1. The summed E-state index contributed by atoms with van der Waals surface area (Å²) in [6.45, 7) is 0. The number of hydrogen-bond acceptors (Lipinski definition) is 5. The number of nitriles is 1. The first-order valence-corrected chi connectivity index (χ1v) is 10.2. The Balaban J connectivity index is 1.70. The van der Waals surface area contributed by atoms with E-state index in [-0.39, 0.29) is 29.7 Å². The van der Waals surface area contributed by atoms with E-state index in [1.807, 2.05) is 17.5 Å². The molecule has 0 bridgehead atoms. The molecule has 1 aromatic carbocycles. The molecule has 10 heteroatoms. The third-order valence-electron chi connectivity index (χ3n) is 4.06. The van der Waals surface area contributed by atoms with Crippen LogP contribution in [0, 0.1) is 11.3 Å². The van der Waals surface area contributed by atoms with E-state index in [1.165, 1.54) is 23.5 Å². The Bertz CT molecular complexity index is 995. The second-order valence-electron chi connectivity index (χ2n) is 6.09. The Morgan fingerprint density at radius 2 is 2.14 bits per heavy atom. The molecule has 150 valence electrons. The predicted octanol–water partition coefficient (Wildman–Crippen LogP) is 4.48. The summed E-state index contributed by atoms with van der Waals surface area (Å²) < 4.78 is 38.3. The lowest BCUT2D eigenvalue weighted by Crippen LogP contribution is -2.31. The molecule has 5 nitrogen and oxygen atoms in total. The van der Waals surface area contributed by atoms with Crippen LogP contribution in [0.3, 0.4) is 0 Å². The molecule has 0 unspecified atom stereocenters. The van der Waals surface area contributed by atoms with Crippen LogP contribution < -0.4 is 10.6 Å². The van der Waals surface area contributed by atoms with Crippen LogP contribution in [0.5, 0.6) is 0 Å². The topological polar surface area (TPSA) is 82.0 Å². The van der Waals surface area contributed by atoms with Crippen LogP contribution in [0.15, 0.2) is 52.4 Å². The van der Waals surface area contributed by atoms with Gasteiger partial charge in [0.15, 0.2) is 0 Å². The molecule has 2 N–H and O–H groups in total. The van der Waals surface area contributed by atoms with Crippen molar-refractivity contribution in [1.29, 1.82) is 5.26 Å². The lowest BCUT2D eigenvalue weighted by Gasteiger charge is -2.23. The second-order valence-corrected chi connectivity index (χ2v) is 8.06. The highest BCUT2D eigenvalue weighted by molar-refractivity contribution is 8.03. The Hall–Kier alpha value is -2.77.